The Kier molecular flexibility index (Phi) is 5.79. The van der Waals surface area contributed by atoms with E-state index in [1.54, 1.807) is 4.90 Å². The van der Waals surface area contributed by atoms with Gasteiger partial charge < -0.3 is 9.64 Å². The van der Waals surface area contributed by atoms with Crippen molar-refractivity contribution in [2.75, 3.05) is 16.3 Å². The van der Waals surface area contributed by atoms with Gasteiger partial charge in [-0.15, -0.1) is 0 Å². The van der Waals surface area contributed by atoms with E-state index in [2.05, 4.69) is 0 Å². The summed E-state index contributed by atoms with van der Waals surface area (Å²) in [6, 6.07) is 15.4. The molecule has 3 aromatic carbocycles. The van der Waals surface area contributed by atoms with Crippen molar-refractivity contribution >= 4 is 40.8 Å². The van der Waals surface area contributed by atoms with Gasteiger partial charge in [0.25, 0.3) is 17.5 Å². The van der Waals surface area contributed by atoms with Crippen LogP contribution in [0.3, 0.4) is 0 Å². The summed E-state index contributed by atoms with van der Waals surface area (Å²) < 4.78 is 5.51. The van der Waals surface area contributed by atoms with Gasteiger partial charge in [0, 0.05) is 30.8 Å². The van der Waals surface area contributed by atoms with Crippen LogP contribution in [0, 0.1) is 29.9 Å². The summed E-state index contributed by atoms with van der Waals surface area (Å²) in [4.78, 5) is 64.5. The maximum atomic E-state index is 13.0. The van der Waals surface area contributed by atoms with Gasteiger partial charge in [-0.3, -0.25) is 29.3 Å². The molecule has 10 heteroatoms. The Labute approximate surface area is 211 Å². The summed E-state index contributed by atoms with van der Waals surface area (Å²) in [5, 5.41) is 11.4. The number of rotatable bonds is 5. The average molecular weight is 499 g/mol. The molecule has 1 fully saturated rings. The zero-order chi connectivity index (χ0) is 26.4. The van der Waals surface area contributed by atoms with Crippen LogP contribution in [-0.4, -0.2) is 35.2 Å². The Balaban J connectivity index is 1.34. The van der Waals surface area contributed by atoms with Gasteiger partial charge in [-0.05, 0) is 55.3 Å². The van der Waals surface area contributed by atoms with E-state index >= 15 is 0 Å². The van der Waals surface area contributed by atoms with Crippen LogP contribution in [0.15, 0.2) is 60.7 Å². The van der Waals surface area contributed by atoms with E-state index in [9.17, 15) is 29.3 Å². The Bertz CT molecular complexity index is 1490. The molecule has 2 heterocycles. The van der Waals surface area contributed by atoms with Crippen molar-refractivity contribution in [1.82, 2.24) is 0 Å². The van der Waals surface area contributed by atoms with E-state index < -0.39 is 34.3 Å². The predicted octanol–water partition coefficient (Wildman–Crippen LogP) is 3.97. The van der Waals surface area contributed by atoms with Crippen LogP contribution in [0.25, 0.3) is 0 Å². The second-order valence-corrected chi connectivity index (χ2v) is 9.07. The molecule has 2 aliphatic rings. The van der Waals surface area contributed by atoms with Gasteiger partial charge in [-0.1, -0.05) is 18.2 Å². The van der Waals surface area contributed by atoms with Crippen LogP contribution in [0.2, 0.25) is 0 Å². The van der Waals surface area contributed by atoms with Crippen LogP contribution >= 0.6 is 0 Å². The molecule has 0 spiro atoms. The number of benzene rings is 3. The molecule has 1 saturated heterocycles. The molecule has 2 aliphatic heterocycles. The molecule has 0 saturated carbocycles. The number of esters is 1. The second kappa shape index (κ2) is 8.98. The van der Waals surface area contributed by atoms with Crippen molar-refractivity contribution in [3.63, 3.8) is 0 Å². The average Bonchev–Trinajstić information content (AvgIpc) is 3.36. The maximum absolute atomic E-state index is 13.0. The van der Waals surface area contributed by atoms with Gasteiger partial charge in [0.05, 0.1) is 22.1 Å². The summed E-state index contributed by atoms with van der Waals surface area (Å²) in [5.74, 6) is -2.97. The molecule has 5 rings (SSSR count). The summed E-state index contributed by atoms with van der Waals surface area (Å²) in [6.45, 7) is 4.03. The van der Waals surface area contributed by atoms with Gasteiger partial charge in [0.1, 0.15) is 11.3 Å². The van der Waals surface area contributed by atoms with Crippen molar-refractivity contribution < 1.29 is 28.8 Å². The first-order chi connectivity index (χ1) is 17.6. The number of imide groups is 1. The summed E-state index contributed by atoms with van der Waals surface area (Å²) >= 11 is 0. The van der Waals surface area contributed by atoms with Crippen LogP contribution in [0.5, 0.6) is 5.75 Å². The first-order valence-electron chi connectivity index (χ1n) is 11.5. The van der Waals surface area contributed by atoms with Gasteiger partial charge in [-0.2, -0.15) is 0 Å². The highest BCUT2D eigenvalue weighted by molar-refractivity contribution is 6.35. The standard InChI is InChI=1S/C27H21N3O7/c1-15-9-16(2)11-19(10-15)28-14-17(12-23(28)31)27(34)37-20-6-3-5-18(13-20)29-25(32)21-7-4-8-22(30(35)36)24(21)26(29)33/h3-11,13,17H,12,14H2,1-2H3/t17-/m1/s1. The topological polar surface area (TPSA) is 127 Å². The fourth-order valence-corrected chi connectivity index (χ4v) is 4.76. The van der Waals surface area contributed by atoms with E-state index in [1.807, 2.05) is 32.0 Å². The van der Waals surface area contributed by atoms with Gasteiger partial charge in [0.2, 0.25) is 5.91 Å². The smallest absolute Gasteiger partial charge is 0.316 e. The number of nitro benzene ring substituents is 1. The minimum absolute atomic E-state index is 0.00636. The number of ether oxygens (including phenoxy) is 1. The van der Waals surface area contributed by atoms with Gasteiger partial charge in [0.15, 0.2) is 0 Å². The van der Waals surface area contributed by atoms with Crippen LogP contribution in [-0.2, 0) is 9.59 Å². The SMILES string of the molecule is Cc1cc(C)cc(N2C[C@H](C(=O)Oc3cccc(N4C(=O)c5cccc([N+](=O)[O-])c5C4=O)c3)CC2=O)c1. The van der Waals surface area contributed by atoms with Gasteiger partial charge in [-0.25, -0.2) is 4.90 Å². The molecule has 37 heavy (non-hydrogen) atoms. The number of anilines is 2. The molecule has 0 bridgehead atoms. The molecule has 186 valence electrons. The third-order valence-electron chi connectivity index (χ3n) is 6.36. The second-order valence-electron chi connectivity index (χ2n) is 9.07. The fourth-order valence-electron chi connectivity index (χ4n) is 4.76. The summed E-state index contributed by atoms with van der Waals surface area (Å²) in [5.41, 5.74) is 2.02. The first kappa shape index (κ1) is 23.9. The number of fused-ring (bicyclic) bond motifs is 1. The third-order valence-corrected chi connectivity index (χ3v) is 6.36. The van der Waals surface area contributed by atoms with Crippen LogP contribution in [0.1, 0.15) is 38.3 Å². The Morgan fingerprint density at radius 1 is 0.946 bits per heavy atom. The lowest BCUT2D eigenvalue weighted by Crippen LogP contribution is -2.29. The minimum Gasteiger partial charge on any atom is -0.426 e. The summed E-state index contributed by atoms with van der Waals surface area (Å²) in [7, 11) is 0. The number of carbonyl (C=O) groups excluding carboxylic acids is 4. The third kappa shape index (κ3) is 4.22. The zero-order valence-electron chi connectivity index (χ0n) is 20.0. The molecule has 3 amide bonds. The Hall–Kier alpha value is -4.86. The molecule has 0 radical (unpaired) electrons. The number of nitro groups is 1. The zero-order valence-corrected chi connectivity index (χ0v) is 20.0. The lowest BCUT2D eigenvalue weighted by atomic mass is 10.1. The summed E-state index contributed by atoms with van der Waals surface area (Å²) in [6.07, 6.45) is -0.00636. The van der Waals surface area contributed by atoms with Crippen LogP contribution < -0.4 is 14.5 Å². The lowest BCUT2D eigenvalue weighted by Gasteiger charge is -2.18. The van der Waals surface area contributed by atoms with Crippen molar-refractivity contribution in [2.24, 2.45) is 5.92 Å². The molecule has 10 nitrogen and oxygen atoms in total. The molecule has 0 aliphatic carbocycles. The first-order valence-corrected chi connectivity index (χ1v) is 11.5. The largest absolute Gasteiger partial charge is 0.426 e. The highest BCUT2D eigenvalue weighted by Gasteiger charge is 2.42. The lowest BCUT2D eigenvalue weighted by molar-refractivity contribution is -0.385. The van der Waals surface area contributed by atoms with Crippen molar-refractivity contribution in [1.29, 1.82) is 0 Å². The van der Waals surface area contributed by atoms with E-state index in [4.69, 9.17) is 4.74 Å². The van der Waals surface area contributed by atoms with Crippen molar-refractivity contribution in [2.45, 2.75) is 20.3 Å². The number of hydrogen-bond acceptors (Lipinski definition) is 7. The molecule has 3 aromatic rings. The quantitative estimate of drug-likeness (QED) is 0.171. The van der Waals surface area contributed by atoms with Crippen LogP contribution in [0.4, 0.5) is 17.1 Å². The molecule has 1 atom stereocenters. The highest BCUT2D eigenvalue weighted by atomic mass is 16.6. The maximum Gasteiger partial charge on any atom is 0.316 e. The van der Waals surface area contributed by atoms with E-state index in [0.29, 0.717) is 0 Å². The Morgan fingerprint density at radius 2 is 1.65 bits per heavy atom. The monoisotopic (exact) mass is 499 g/mol. The van der Waals surface area contributed by atoms with Crippen molar-refractivity contribution in [3.8, 4) is 5.75 Å². The molecule has 0 N–H and O–H groups in total. The molecule has 0 unspecified atom stereocenters. The van der Waals surface area contributed by atoms with E-state index in [1.165, 1.54) is 36.4 Å². The molecule has 0 aromatic heterocycles. The van der Waals surface area contributed by atoms with Crippen molar-refractivity contribution in [3.05, 3.63) is 93.0 Å². The number of amides is 3. The number of hydrogen-bond donors (Lipinski definition) is 0. The van der Waals surface area contributed by atoms with Gasteiger partial charge >= 0.3 is 5.97 Å². The van der Waals surface area contributed by atoms with E-state index in [0.717, 1.165) is 27.8 Å². The Morgan fingerprint density at radius 3 is 2.35 bits per heavy atom. The number of carbonyl (C=O) groups is 4. The van der Waals surface area contributed by atoms with E-state index in [-0.39, 0.29) is 41.4 Å². The number of aryl methyl sites for hydroxylation is 2. The normalized spacial score (nSPS) is 16.8. The number of nitrogens with zero attached hydrogens (tertiary/aromatic N) is 3. The minimum atomic E-state index is -0.832. The predicted molar refractivity (Wildman–Crippen MR) is 133 cm³/mol. The molecular formula is C27H21N3O7. The fraction of sp³-hybridized carbons (Fsp3) is 0.185. The highest BCUT2D eigenvalue weighted by Crippen LogP contribution is 2.35. The molecular weight excluding hydrogens is 478 g/mol.